The van der Waals surface area contributed by atoms with Gasteiger partial charge < -0.3 is 42.0 Å². The van der Waals surface area contributed by atoms with Crippen LogP contribution in [-0.4, -0.2) is 59.9 Å². The predicted molar refractivity (Wildman–Crippen MR) is 257 cm³/mol. The van der Waals surface area contributed by atoms with Gasteiger partial charge in [0.05, 0.1) is 12.2 Å². The number of carbonyl (C=O) groups is 1. The second-order valence-electron chi connectivity index (χ2n) is 19.9. The van der Waals surface area contributed by atoms with E-state index in [0.29, 0.717) is 17.2 Å². The quantitative estimate of drug-likeness (QED) is 0.0702. The largest absolute Gasteiger partial charge is 0.485 e. The van der Waals surface area contributed by atoms with Gasteiger partial charge in [0.15, 0.2) is 34.4 Å². The number of carbonyl (C=O) groups excluding carboxylic acids is 1. The van der Waals surface area contributed by atoms with E-state index in [9.17, 15) is 4.79 Å². The number of esters is 1. The van der Waals surface area contributed by atoms with E-state index >= 15 is 0 Å². The monoisotopic (exact) mass is 918 g/mol. The number of benzene rings is 5. The third kappa shape index (κ3) is 12.0. The Morgan fingerprint density at radius 3 is 1.48 bits per heavy atom. The maximum absolute atomic E-state index is 14.9. The topological polar surface area (TPSA) is 100 Å². The summed E-state index contributed by atoms with van der Waals surface area (Å²) in [6.07, 6.45) is -4.58. The molecular formula is C53H66O10Si2. The van der Waals surface area contributed by atoms with Crippen LogP contribution in [0.15, 0.2) is 133 Å². The van der Waals surface area contributed by atoms with Crippen LogP contribution >= 0.6 is 0 Å². The van der Waals surface area contributed by atoms with E-state index in [-0.39, 0.29) is 42.1 Å². The molecule has 0 unspecified atom stereocenters. The van der Waals surface area contributed by atoms with E-state index in [0.717, 1.165) is 22.3 Å². The third-order valence-corrected chi connectivity index (χ3v) is 22.0. The van der Waals surface area contributed by atoms with Crippen LogP contribution in [0.2, 0.25) is 36.3 Å². The maximum atomic E-state index is 14.9. The van der Waals surface area contributed by atoms with Crippen LogP contribution in [0.25, 0.3) is 0 Å². The highest BCUT2D eigenvalue weighted by molar-refractivity contribution is 6.74. The minimum absolute atomic E-state index is 0.158. The molecule has 2 heterocycles. The van der Waals surface area contributed by atoms with Gasteiger partial charge in [0.25, 0.3) is 0 Å². The Bertz CT molecular complexity index is 2230. The number of hydrogen-bond acceptors (Lipinski definition) is 10. The first-order valence-corrected chi connectivity index (χ1v) is 28.4. The van der Waals surface area contributed by atoms with Crippen LogP contribution in [0.1, 0.15) is 80.4 Å². The highest BCUT2D eigenvalue weighted by Crippen LogP contribution is 2.46. The lowest BCUT2D eigenvalue weighted by Crippen LogP contribution is -2.68. The van der Waals surface area contributed by atoms with Crippen LogP contribution < -0.4 is 14.2 Å². The molecule has 0 radical (unpaired) electrons. The summed E-state index contributed by atoms with van der Waals surface area (Å²) in [5, 5.41) is -0.357. The van der Waals surface area contributed by atoms with Crippen molar-refractivity contribution in [2.24, 2.45) is 0 Å². The number of hydrogen-bond donors (Lipinski definition) is 0. The summed E-state index contributed by atoms with van der Waals surface area (Å²) >= 11 is 0. The van der Waals surface area contributed by atoms with E-state index < -0.39 is 59.6 Å². The van der Waals surface area contributed by atoms with Crippen molar-refractivity contribution in [2.45, 2.75) is 135 Å². The van der Waals surface area contributed by atoms with Crippen molar-refractivity contribution < 1.29 is 46.8 Å². The first-order chi connectivity index (χ1) is 30.9. The molecule has 6 atom stereocenters. The zero-order chi connectivity index (χ0) is 46.4. The molecular weight excluding hydrogens is 853 g/mol. The molecule has 0 aliphatic carbocycles. The Hall–Kier alpha value is -4.80. The van der Waals surface area contributed by atoms with Gasteiger partial charge in [-0.25, -0.2) is 4.79 Å². The van der Waals surface area contributed by atoms with Crippen molar-refractivity contribution >= 4 is 22.6 Å². The minimum atomic E-state index is -2.59. The van der Waals surface area contributed by atoms with Crippen LogP contribution in [0, 0.1) is 0 Å². The van der Waals surface area contributed by atoms with E-state index in [1.807, 2.05) is 121 Å². The van der Waals surface area contributed by atoms with Crippen molar-refractivity contribution in [1.29, 1.82) is 0 Å². The molecule has 5 aromatic carbocycles. The van der Waals surface area contributed by atoms with E-state index in [1.54, 1.807) is 12.1 Å². The van der Waals surface area contributed by atoms with Crippen LogP contribution in [0.5, 0.6) is 17.2 Å². The molecule has 0 spiro atoms. The summed E-state index contributed by atoms with van der Waals surface area (Å²) in [6.45, 7) is 22.8. The molecule has 0 amide bonds. The van der Waals surface area contributed by atoms with Crippen molar-refractivity contribution in [1.82, 2.24) is 0 Å². The molecule has 0 aromatic heterocycles. The van der Waals surface area contributed by atoms with Gasteiger partial charge in [-0.1, -0.05) is 163 Å². The second kappa shape index (κ2) is 20.4. The SMILES string of the molecule is CC(C)(C)[Si](C)(C)O[C@@H]1[C@@H](O[Si](C)(C)C(C)(C)C)[C@H](OC(=O)c2cc(OCc3ccccc3)c(OCc3ccccc3)c(OCc3ccccc3)c2)O[C@@H]2CO[C@@H](c3ccccc3)O[C@@H]12. The smallest absolute Gasteiger partial charge is 0.340 e. The van der Waals surface area contributed by atoms with Gasteiger partial charge in [0.1, 0.15) is 44.2 Å². The summed E-state index contributed by atoms with van der Waals surface area (Å²) in [5.74, 6) is 0.342. The molecule has 0 N–H and O–H groups in total. The fraction of sp³-hybridized carbons (Fsp3) is 0.415. The average Bonchev–Trinajstić information content (AvgIpc) is 3.28. The molecule has 2 saturated heterocycles. The van der Waals surface area contributed by atoms with Crippen LogP contribution in [-0.2, 0) is 47.6 Å². The minimum Gasteiger partial charge on any atom is -0.485 e. The zero-order valence-corrected chi connectivity index (χ0v) is 41.6. The van der Waals surface area contributed by atoms with E-state index in [4.69, 9.17) is 42.0 Å². The highest BCUT2D eigenvalue weighted by Gasteiger charge is 2.57. The molecule has 7 rings (SSSR count). The van der Waals surface area contributed by atoms with Gasteiger partial charge in [-0.3, -0.25) is 0 Å². The first-order valence-electron chi connectivity index (χ1n) is 22.6. The standard InChI is InChI=1S/C53H66O10Si2/c1-52(2,3)64(7,8)62-47-46-44(36-58-50(60-46)40-29-21-14-22-30-40)59-51(48(47)63-65(9,10)53(4,5)6)61-49(54)41-31-42(55-33-37-23-15-11-16-24-37)45(57-35-39-27-19-13-20-28-39)43(32-41)56-34-38-25-17-12-18-26-38/h11-32,44,46-48,50-51H,33-36H2,1-10H3/t44-,46-,47+,48-,50-,51+/m1/s1. The molecule has 0 bridgehead atoms. The second-order valence-corrected chi connectivity index (χ2v) is 29.4. The van der Waals surface area contributed by atoms with Crippen molar-refractivity contribution in [2.75, 3.05) is 6.61 Å². The summed E-state index contributed by atoms with van der Waals surface area (Å²) in [7, 11) is -5.12. The summed E-state index contributed by atoms with van der Waals surface area (Å²) < 4.78 is 60.8. The lowest BCUT2D eigenvalue weighted by Gasteiger charge is -2.53. The maximum Gasteiger partial charge on any atom is 0.340 e. The molecule has 0 saturated carbocycles. The number of fused-ring (bicyclic) bond motifs is 1. The molecule has 5 aromatic rings. The fourth-order valence-corrected chi connectivity index (χ4v) is 9.72. The van der Waals surface area contributed by atoms with Gasteiger partial charge in [-0.15, -0.1) is 0 Å². The normalized spacial score (nSPS) is 21.5. The summed E-state index contributed by atoms with van der Waals surface area (Å²) in [5.41, 5.74) is 3.91. The molecule has 10 nitrogen and oxygen atoms in total. The van der Waals surface area contributed by atoms with Gasteiger partial charge in [-0.05, 0) is 65.1 Å². The predicted octanol–water partition coefficient (Wildman–Crippen LogP) is 12.2. The molecule has 12 heteroatoms. The third-order valence-electron chi connectivity index (χ3n) is 13.0. The van der Waals surface area contributed by atoms with Crippen LogP contribution in [0.3, 0.4) is 0 Å². The first kappa shape index (κ1) is 48.1. The summed E-state index contributed by atoms with van der Waals surface area (Å²) in [4.78, 5) is 14.9. The van der Waals surface area contributed by atoms with Gasteiger partial charge in [0, 0.05) is 5.56 Å². The van der Waals surface area contributed by atoms with Crippen LogP contribution in [0.4, 0.5) is 0 Å². The Labute approximate surface area is 387 Å². The Balaban J connectivity index is 1.28. The lowest BCUT2D eigenvalue weighted by atomic mass is 9.98. The summed E-state index contributed by atoms with van der Waals surface area (Å²) in [6, 6.07) is 42.7. The van der Waals surface area contributed by atoms with Crippen molar-refractivity contribution in [3.8, 4) is 17.2 Å². The Kier molecular flexibility index (Phi) is 15.1. The fourth-order valence-electron chi connectivity index (χ4n) is 7.14. The Morgan fingerprint density at radius 2 is 1.02 bits per heavy atom. The molecule has 2 fully saturated rings. The van der Waals surface area contributed by atoms with Gasteiger partial charge in [0.2, 0.25) is 12.0 Å². The molecule has 2 aliphatic heterocycles. The van der Waals surface area contributed by atoms with E-state index in [1.165, 1.54) is 0 Å². The number of rotatable bonds is 16. The Morgan fingerprint density at radius 1 is 0.585 bits per heavy atom. The van der Waals surface area contributed by atoms with Crippen molar-refractivity contribution in [3.05, 3.63) is 161 Å². The molecule has 346 valence electrons. The van der Waals surface area contributed by atoms with Gasteiger partial charge in [-0.2, -0.15) is 0 Å². The zero-order valence-electron chi connectivity index (χ0n) is 39.6. The number of ether oxygens (including phenoxy) is 7. The van der Waals surface area contributed by atoms with Gasteiger partial charge >= 0.3 is 5.97 Å². The average molecular weight is 919 g/mol. The van der Waals surface area contributed by atoms with E-state index in [2.05, 4.69) is 67.7 Å². The lowest BCUT2D eigenvalue weighted by molar-refractivity contribution is -0.349. The molecule has 2 aliphatic rings. The van der Waals surface area contributed by atoms with Crippen molar-refractivity contribution in [3.63, 3.8) is 0 Å². The highest BCUT2D eigenvalue weighted by atomic mass is 28.4. The molecule has 65 heavy (non-hydrogen) atoms.